The highest BCUT2D eigenvalue weighted by Crippen LogP contribution is 2.66. The molecule has 0 amide bonds. The summed E-state index contributed by atoms with van der Waals surface area (Å²) in [5.41, 5.74) is 0. The van der Waals surface area contributed by atoms with Gasteiger partial charge in [0.25, 0.3) is 0 Å². The Hall–Kier alpha value is -1.05. The molecule has 15 heteroatoms. The third-order valence-corrected chi connectivity index (χ3v) is 4.98. The van der Waals surface area contributed by atoms with Gasteiger partial charge in [-0.15, -0.1) is 0 Å². The first-order valence-corrected chi connectivity index (χ1v) is 7.89. The van der Waals surface area contributed by atoms with E-state index >= 15 is 0 Å². The van der Waals surface area contributed by atoms with E-state index in [2.05, 4.69) is 0 Å². The van der Waals surface area contributed by atoms with E-state index in [1.54, 1.807) is 0 Å². The second-order valence-corrected chi connectivity index (χ2v) is 6.79. The monoisotopic (exact) mass is 466 g/mol. The smallest absolute Gasteiger partial charge is 0.171 e. The van der Waals surface area contributed by atoms with Crippen molar-refractivity contribution in [3.05, 3.63) is 0 Å². The first kappa shape index (κ1) is 26.0. The molecule has 4 atom stereocenters. The van der Waals surface area contributed by atoms with Gasteiger partial charge in [-0.2, -0.15) is 65.9 Å². The molecule has 0 aromatic rings. The van der Waals surface area contributed by atoms with Crippen molar-refractivity contribution in [2.45, 2.75) is 50.6 Å². The van der Waals surface area contributed by atoms with Crippen molar-refractivity contribution in [3.63, 3.8) is 0 Å². The molecule has 0 spiro atoms. The van der Waals surface area contributed by atoms with Gasteiger partial charge in [-0.25, -0.2) is 0 Å². The third kappa shape index (κ3) is 5.36. The topological polar surface area (TPSA) is 0 Å². The van der Waals surface area contributed by atoms with Gasteiger partial charge in [0.2, 0.25) is 0 Å². The maximum atomic E-state index is 13.3. The molecular formula is C14H13F15. The van der Waals surface area contributed by atoms with Gasteiger partial charge < -0.3 is 0 Å². The number of halogens is 15. The lowest BCUT2D eigenvalue weighted by Crippen LogP contribution is -2.64. The SMILES string of the molecule is CCCC1C(C(F)(F)F)C(C(F)(F)F)C(C(F)(F)F)C(C(F)(F)F)C1C(F)(F)F. The maximum absolute atomic E-state index is 13.3. The van der Waals surface area contributed by atoms with Crippen LogP contribution in [0.3, 0.4) is 0 Å². The maximum Gasteiger partial charge on any atom is 0.393 e. The van der Waals surface area contributed by atoms with Crippen LogP contribution in [-0.2, 0) is 0 Å². The van der Waals surface area contributed by atoms with Crippen LogP contribution in [0.25, 0.3) is 0 Å². The van der Waals surface area contributed by atoms with E-state index in [0.717, 1.165) is 6.92 Å². The fourth-order valence-corrected chi connectivity index (χ4v) is 4.23. The summed E-state index contributed by atoms with van der Waals surface area (Å²) in [4.78, 5) is 0. The molecular weight excluding hydrogens is 453 g/mol. The summed E-state index contributed by atoms with van der Waals surface area (Å²) in [6, 6.07) is 0. The molecule has 0 saturated heterocycles. The Morgan fingerprint density at radius 3 is 0.793 bits per heavy atom. The van der Waals surface area contributed by atoms with Crippen LogP contribution in [0.15, 0.2) is 0 Å². The number of alkyl halides is 15. The summed E-state index contributed by atoms with van der Waals surface area (Å²) in [5.74, 6) is -26.4. The Morgan fingerprint density at radius 2 is 0.621 bits per heavy atom. The van der Waals surface area contributed by atoms with Crippen LogP contribution in [0.1, 0.15) is 19.8 Å². The van der Waals surface area contributed by atoms with Gasteiger partial charge in [-0.05, 0) is 12.3 Å². The van der Waals surface area contributed by atoms with Crippen molar-refractivity contribution in [3.8, 4) is 0 Å². The zero-order chi connectivity index (χ0) is 23.4. The Balaban J connectivity index is 4.01. The van der Waals surface area contributed by atoms with E-state index in [1.807, 2.05) is 0 Å². The van der Waals surface area contributed by atoms with Gasteiger partial charge in [0, 0.05) is 0 Å². The predicted octanol–water partition coefficient (Wildman–Crippen LogP) is 7.31. The Labute approximate surface area is 153 Å². The van der Waals surface area contributed by atoms with Gasteiger partial charge >= 0.3 is 30.9 Å². The number of rotatable bonds is 2. The second-order valence-electron chi connectivity index (χ2n) is 6.79. The van der Waals surface area contributed by atoms with Crippen molar-refractivity contribution in [2.24, 2.45) is 35.5 Å². The molecule has 0 nitrogen and oxygen atoms in total. The number of hydrogen-bond acceptors (Lipinski definition) is 0. The largest absolute Gasteiger partial charge is 0.393 e. The summed E-state index contributed by atoms with van der Waals surface area (Å²) in [6.07, 6.45) is -34.3. The zero-order valence-electron chi connectivity index (χ0n) is 14.0. The van der Waals surface area contributed by atoms with Gasteiger partial charge in [0.15, 0.2) is 0 Å². The summed E-state index contributed by atoms with van der Waals surface area (Å²) >= 11 is 0. The fourth-order valence-electron chi connectivity index (χ4n) is 4.23. The second kappa shape index (κ2) is 7.57. The molecule has 1 saturated carbocycles. The van der Waals surface area contributed by atoms with E-state index in [0.29, 0.717) is 0 Å². The normalized spacial score (nSPS) is 33.1. The van der Waals surface area contributed by atoms with Crippen LogP contribution in [0.2, 0.25) is 0 Å². The van der Waals surface area contributed by atoms with E-state index in [1.165, 1.54) is 0 Å². The molecule has 0 aromatic carbocycles. The van der Waals surface area contributed by atoms with Gasteiger partial charge in [-0.1, -0.05) is 13.3 Å². The molecule has 1 fully saturated rings. The van der Waals surface area contributed by atoms with Crippen molar-refractivity contribution < 1.29 is 65.9 Å². The van der Waals surface area contributed by atoms with Crippen molar-refractivity contribution in [2.75, 3.05) is 0 Å². The zero-order valence-corrected chi connectivity index (χ0v) is 14.0. The summed E-state index contributed by atoms with van der Waals surface area (Å²) in [6.45, 7) is 0.891. The third-order valence-electron chi connectivity index (χ3n) is 4.98. The lowest BCUT2D eigenvalue weighted by Gasteiger charge is -2.53. The Kier molecular flexibility index (Phi) is 6.79. The van der Waals surface area contributed by atoms with E-state index in [9.17, 15) is 65.9 Å². The summed E-state index contributed by atoms with van der Waals surface area (Å²) in [7, 11) is 0. The van der Waals surface area contributed by atoms with Crippen molar-refractivity contribution >= 4 is 0 Å². The molecule has 1 aliphatic rings. The standard InChI is InChI=1S/C14H13F15/c1-2-3-4-5(10(15,16)17)7(12(21,22)23)9(14(27,28)29)8(13(24,25)26)6(4)11(18,19)20/h4-9H,2-3H2,1H3. The van der Waals surface area contributed by atoms with E-state index in [-0.39, 0.29) is 0 Å². The first-order valence-electron chi connectivity index (χ1n) is 7.89. The molecule has 0 aliphatic heterocycles. The van der Waals surface area contributed by atoms with Gasteiger partial charge in [0.1, 0.15) is 0 Å². The van der Waals surface area contributed by atoms with Crippen LogP contribution >= 0.6 is 0 Å². The van der Waals surface area contributed by atoms with Gasteiger partial charge in [0.05, 0.1) is 29.6 Å². The Bertz CT molecular complexity index is 506. The molecule has 0 aromatic heterocycles. The minimum Gasteiger partial charge on any atom is -0.171 e. The highest BCUT2D eigenvalue weighted by molar-refractivity contribution is 5.06. The van der Waals surface area contributed by atoms with Gasteiger partial charge in [-0.3, -0.25) is 0 Å². The lowest BCUT2D eigenvalue weighted by molar-refractivity contribution is -0.391. The van der Waals surface area contributed by atoms with Crippen LogP contribution in [0, 0.1) is 35.5 Å². The van der Waals surface area contributed by atoms with Crippen LogP contribution in [-0.4, -0.2) is 30.9 Å². The molecule has 0 radical (unpaired) electrons. The molecule has 174 valence electrons. The highest BCUT2D eigenvalue weighted by atomic mass is 19.4. The van der Waals surface area contributed by atoms with Crippen LogP contribution < -0.4 is 0 Å². The van der Waals surface area contributed by atoms with E-state index in [4.69, 9.17) is 0 Å². The molecule has 1 aliphatic carbocycles. The molecule has 1 rings (SSSR count). The Morgan fingerprint density at radius 1 is 0.414 bits per heavy atom. The average Bonchev–Trinajstić information content (AvgIpc) is 2.40. The first-order chi connectivity index (χ1) is 12.6. The lowest BCUT2D eigenvalue weighted by atomic mass is 9.54. The predicted molar refractivity (Wildman–Crippen MR) is 66.1 cm³/mol. The molecule has 29 heavy (non-hydrogen) atoms. The quantitative estimate of drug-likeness (QED) is 0.375. The minimum atomic E-state index is -6.63. The fraction of sp³-hybridized carbons (Fsp3) is 1.00. The number of hydrogen-bond donors (Lipinski definition) is 0. The molecule has 4 unspecified atom stereocenters. The molecule has 0 heterocycles. The summed E-state index contributed by atoms with van der Waals surface area (Å²) < 4.78 is 199. The van der Waals surface area contributed by atoms with Crippen LogP contribution in [0.4, 0.5) is 65.9 Å². The molecule has 0 N–H and O–H groups in total. The van der Waals surface area contributed by atoms with Crippen LogP contribution in [0.5, 0.6) is 0 Å². The summed E-state index contributed by atoms with van der Waals surface area (Å²) in [5, 5.41) is 0. The molecule has 0 bridgehead atoms. The minimum absolute atomic E-state index is 0.713. The highest BCUT2D eigenvalue weighted by Gasteiger charge is 2.78. The van der Waals surface area contributed by atoms with Crippen molar-refractivity contribution in [1.29, 1.82) is 0 Å². The van der Waals surface area contributed by atoms with Crippen molar-refractivity contribution in [1.82, 2.24) is 0 Å². The van der Waals surface area contributed by atoms with E-state index < -0.39 is 79.2 Å². The average molecular weight is 466 g/mol.